The number of hydrogen-bond acceptors (Lipinski definition) is 2. The second-order valence-corrected chi connectivity index (χ2v) is 5.66. The van der Waals surface area contributed by atoms with Crippen LogP contribution in [0.5, 0.6) is 11.5 Å². The fraction of sp³-hybridized carbons (Fsp3) is 0.278. The normalized spacial score (nSPS) is 10.7. The number of hydrogen-bond donors (Lipinski definition) is 2. The van der Waals surface area contributed by atoms with E-state index in [9.17, 15) is 0 Å². The lowest BCUT2D eigenvalue weighted by atomic mass is 10.0. The third-order valence-electron chi connectivity index (χ3n) is 3.51. The lowest BCUT2D eigenvalue weighted by Gasteiger charge is -2.18. The molecule has 0 amide bonds. The fourth-order valence-corrected chi connectivity index (χ4v) is 2.32. The van der Waals surface area contributed by atoms with E-state index in [1.54, 1.807) is 0 Å². The van der Waals surface area contributed by atoms with Crippen molar-refractivity contribution < 1.29 is 4.74 Å². The van der Waals surface area contributed by atoms with Gasteiger partial charge < -0.3 is 10.5 Å². The maximum Gasteiger partial charge on any atom is 0.141 e. The lowest BCUT2D eigenvalue weighted by molar-refractivity contribution is 0.468. The van der Waals surface area contributed by atoms with Crippen molar-refractivity contribution in [1.29, 1.82) is 5.41 Å². The van der Waals surface area contributed by atoms with Gasteiger partial charge >= 0.3 is 0 Å². The van der Waals surface area contributed by atoms with Crippen LogP contribution in [0.1, 0.15) is 42.0 Å². The largest absolute Gasteiger partial charge is 0.456 e. The Balaban J connectivity index is 2.53. The molecule has 0 aliphatic rings. The second kappa shape index (κ2) is 6.00. The van der Waals surface area contributed by atoms with Crippen molar-refractivity contribution in [3.63, 3.8) is 0 Å². The molecule has 0 atom stereocenters. The minimum Gasteiger partial charge on any atom is -0.456 e. The Kier molecular flexibility index (Phi) is 4.32. The van der Waals surface area contributed by atoms with Gasteiger partial charge in [0.15, 0.2) is 0 Å². The van der Waals surface area contributed by atoms with E-state index in [-0.39, 0.29) is 5.84 Å². The van der Waals surface area contributed by atoms with E-state index >= 15 is 0 Å². The molecule has 0 bridgehead atoms. The maximum atomic E-state index is 7.72. The SMILES string of the molecule is Cc1ccc(C(C)C)c(Oc2c(C)cccc2C(=N)N)c1. The molecule has 3 heteroatoms. The van der Waals surface area contributed by atoms with Crippen LogP contribution in [0.2, 0.25) is 0 Å². The van der Waals surface area contributed by atoms with E-state index in [0.717, 1.165) is 22.4 Å². The third-order valence-corrected chi connectivity index (χ3v) is 3.51. The average Bonchev–Trinajstić information content (AvgIpc) is 2.40. The highest BCUT2D eigenvalue weighted by atomic mass is 16.5. The van der Waals surface area contributed by atoms with E-state index in [4.69, 9.17) is 15.9 Å². The average molecular weight is 282 g/mol. The molecule has 0 radical (unpaired) electrons. The van der Waals surface area contributed by atoms with E-state index in [1.165, 1.54) is 0 Å². The smallest absolute Gasteiger partial charge is 0.141 e. The Bertz CT molecular complexity index is 675. The molecule has 0 saturated heterocycles. The molecule has 0 fully saturated rings. The van der Waals surface area contributed by atoms with Crippen molar-refractivity contribution in [3.05, 3.63) is 58.7 Å². The van der Waals surface area contributed by atoms with Gasteiger partial charge in [0, 0.05) is 0 Å². The van der Waals surface area contributed by atoms with Crippen LogP contribution in [0.3, 0.4) is 0 Å². The van der Waals surface area contributed by atoms with Crippen molar-refractivity contribution in [2.75, 3.05) is 0 Å². The molecule has 0 heterocycles. The molecule has 21 heavy (non-hydrogen) atoms. The molecule has 0 spiro atoms. The van der Waals surface area contributed by atoms with Crippen molar-refractivity contribution in [2.45, 2.75) is 33.6 Å². The van der Waals surface area contributed by atoms with E-state index < -0.39 is 0 Å². The maximum absolute atomic E-state index is 7.72. The van der Waals surface area contributed by atoms with Gasteiger partial charge in [0.25, 0.3) is 0 Å². The van der Waals surface area contributed by atoms with Gasteiger partial charge in [-0.1, -0.05) is 38.1 Å². The van der Waals surface area contributed by atoms with E-state index in [1.807, 2.05) is 38.1 Å². The number of para-hydroxylation sites is 1. The fourth-order valence-electron chi connectivity index (χ4n) is 2.32. The van der Waals surface area contributed by atoms with Crippen LogP contribution >= 0.6 is 0 Å². The molecular formula is C18H22N2O. The van der Waals surface area contributed by atoms with Crippen molar-refractivity contribution in [1.82, 2.24) is 0 Å². The zero-order valence-corrected chi connectivity index (χ0v) is 13.0. The summed E-state index contributed by atoms with van der Waals surface area (Å²) in [6.45, 7) is 8.29. The van der Waals surface area contributed by atoms with Crippen LogP contribution < -0.4 is 10.5 Å². The zero-order chi connectivity index (χ0) is 15.6. The molecule has 3 N–H and O–H groups in total. The number of aryl methyl sites for hydroxylation is 2. The Morgan fingerprint density at radius 1 is 1.14 bits per heavy atom. The summed E-state index contributed by atoms with van der Waals surface area (Å²) in [7, 11) is 0. The molecule has 2 rings (SSSR count). The van der Waals surface area contributed by atoms with Gasteiger partial charge in [-0.15, -0.1) is 0 Å². The molecule has 2 aromatic rings. The Labute approximate surface area is 126 Å². The highest BCUT2D eigenvalue weighted by Crippen LogP contribution is 2.34. The Morgan fingerprint density at radius 2 is 1.86 bits per heavy atom. The monoisotopic (exact) mass is 282 g/mol. The number of ether oxygens (including phenoxy) is 1. The minimum atomic E-state index is 0.0208. The number of nitrogens with two attached hydrogens (primary N) is 1. The number of benzene rings is 2. The summed E-state index contributed by atoms with van der Waals surface area (Å²) in [6, 6.07) is 11.9. The minimum absolute atomic E-state index is 0.0208. The zero-order valence-electron chi connectivity index (χ0n) is 13.0. The number of nitrogens with one attached hydrogen (secondary N) is 1. The molecule has 0 aliphatic heterocycles. The van der Waals surface area contributed by atoms with Crippen LogP contribution in [0.25, 0.3) is 0 Å². The van der Waals surface area contributed by atoms with Crippen LogP contribution in [0.15, 0.2) is 36.4 Å². The highest BCUT2D eigenvalue weighted by molar-refractivity contribution is 5.98. The van der Waals surface area contributed by atoms with Crippen molar-refractivity contribution >= 4 is 5.84 Å². The van der Waals surface area contributed by atoms with Gasteiger partial charge in [0.05, 0.1) is 5.56 Å². The van der Waals surface area contributed by atoms with Crippen LogP contribution in [-0.2, 0) is 0 Å². The van der Waals surface area contributed by atoms with Crippen molar-refractivity contribution in [3.8, 4) is 11.5 Å². The van der Waals surface area contributed by atoms with Gasteiger partial charge in [-0.2, -0.15) is 0 Å². The lowest BCUT2D eigenvalue weighted by Crippen LogP contribution is -2.13. The molecule has 3 nitrogen and oxygen atoms in total. The predicted molar refractivity (Wildman–Crippen MR) is 87.5 cm³/mol. The number of nitrogen functional groups attached to an aromatic ring is 1. The van der Waals surface area contributed by atoms with Gasteiger partial charge in [-0.3, -0.25) is 5.41 Å². The first kappa shape index (κ1) is 15.1. The first-order valence-electron chi connectivity index (χ1n) is 7.12. The molecule has 110 valence electrons. The summed E-state index contributed by atoms with van der Waals surface area (Å²) in [5.74, 6) is 1.89. The molecule has 0 saturated carbocycles. The number of amidine groups is 1. The van der Waals surface area contributed by atoms with Crippen LogP contribution in [-0.4, -0.2) is 5.84 Å². The molecule has 0 aliphatic carbocycles. The van der Waals surface area contributed by atoms with Gasteiger partial charge in [0.2, 0.25) is 0 Å². The van der Waals surface area contributed by atoms with Gasteiger partial charge in [-0.25, -0.2) is 0 Å². The Hall–Kier alpha value is -2.29. The topological polar surface area (TPSA) is 59.1 Å². The summed E-state index contributed by atoms with van der Waals surface area (Å²) >= 11 is 0. The molecule has 2 aromatic carbocycles. The van der Waals surface area contributed by atoms with Crippen molar-refractivity contribution in [2.24, 2.45) is 5.73 Å². The first-order valence-corrected chi connectivity index (χ1v) is 7.12. The quantitative estimate of drug-likeness (QED) is 0.640. The molecular weight excluding hydrogens is 260 g/mol. The summed E-state index contributed by atoms with van der Waals surface area (Å²) in [4.78, 5) is 0. The predicted octanol–water partition coefficient (Wildman–Crippen LogP) is 4.50. The summed E-state index contributed by atoms with van der Waals surface area (Å²) in [5, 5.41) is 7.72. The summed E-state index contributed by atoms with van der Waals surface area (Å²) < 4.78 is 6.15. The van der Waals surface area contributed by atoms with Crippen LogP contribution in [0, 0.1) is 19.3 Å². The van der Waals surface area contributed by atoms with Crippen LogP contribution in [0.4, 0.5) is 0 Å². The Morgan fingerprint density at radius 3 is 2.48 bits per heavy atom. The molecule has 0 aromatic heterocycles. The standard InChI is InChI=1S/C18H22N2O/c1-11(2)14-9-8-12(3)10-16(14)21-17-13(4)6-5-7-15(17)18(19)20/h5-11H,1-4H3,(H3,19,20). The summed E-state index contributed by atoms with van der Waals surface area (Å²) in [5.41, 5.74) is 9.57. The third kappa shape index (κ3) is 3.24. The molecule has 0 unspecified atom stereocenters. The second-order valence-electron chi connectivity index (χ2n) is 5.66. The van der Waals surface area contributed by atoms with E-state index in [2.05, 4.69) is 26.0 Å². The van der Waals surface area contributed by atoms with E-state index in [0.29, 0.717) is 17.2 Å². The highest BCUT2D eigenvalue weighted by Gasteiger charge is 2.14. The van der Waals surface area contributed by atoms with Gasteiger partial charge in [0.1, 0.15) is 17.3 Å². The first-order chi connectivity index (χ1) is 9.90. The number of rotatable bonds is 4. The summed E-state index contributed by atoms with van der Waals surface area (Å²) in [6.07, 6.45) is 0. The van der Waals surface area contributed by atoms with Gasteiger partial charge in [-0.05, 0) is 48.6 Å².